The number of H-pyrrole nitrogens is 1. The fourth-order valence-corrected chi connectivity index (χ4v) is 4.11. The summed E-state index contributed by atoms with van der Waals surface area (Å²) in [5.41, 5.74) is 0.0245. The standard InChI is InChI=1S/C23H30N2O4/c1-4-23(2,3)16-9-11-17(12-10-16)24-20(26)14-29-22(28)19-13-15-7-5-6-8-18(15)21(27)25-19/h5-8,13,16-17H,4,9-12,14H2,1-3H3,(H,24,26)(H,25,27). The van der Waals surface area contributed by atoms with Gasteiger partial charge in [-0.05, 0) is 54.5 Å². The first kappa shape index (κ1) is 21.1. The van der Waals surface area contributed by atoms with Gasteiger partial charge in [0.2, 0.25) is 0 Å². The number of carbonyl (C=O) groups is 2. The summed E-state index contributed by atoms with van der Waals surface area (Å²) in [4.78, 5) is 39.1. The van der Waals surface area contributed by atoms with Crippen LogP contribution < -0.4 is 10.9 Å². The first-order chi connectivity index (χ1) is 13.8. The van der Waals surface area contributed by atoms with Crippen molar-refractivity contribution in [3.05, 3.63) is 46.4 Å². The molecule has 0 unspecified atom stereocenters. The third-order valence-corrected chi connectivity index (χ3v) is 6.42. The monoisotopic (exact) mass is 398 g/mol. The number of nitrogens with one attached hydrogen (secondary N) is 2. The van der Waals surface area contributed by atoms with Crippen molar-refractivity contribution in [2.45, 2.75) is 58.9 Å². The maximum absolute atomic E-state index is 12.3. The van der Waals surface area contributed by atoms with E-state index in [2.05, 4.69) is 31.1 Å². The molecule has 2 N–H and O–H groups in total. The van der Waals surface area contributed by atoms with Crippen LogP contribution in [0.5, 0.6) is 0 Å². The summed E-state index contributed by atoms with van der Waals surface area (Å²) in [7, 11) is 0. The maximum Gasteiger partial charge on any atom is 0.355 e. The van der Waals surface area contributed by atoms with Gasteiger partial charge in [0.05, 0.1) is 0 Å². The van der Waals surface area contributed by atoms with Gasteiger partial charge in [-0.3, -0.25) is 9.59 Å². The highest BCUT2D eigenvalue weighted by Gasteiger charge is 2.32. The van der Waals surface area contributed by atoms with Crippen LogP contribution in [-0.2, 0) is 9.53 Å². The second-order valence-corrected chi connectivity index (χ2v) is 8.63. The van der Waals surface area contributed by atoms with Crippen LogP contribution in [0.3, 0.4) is 0 Å². The Labute approximate surface area is 171 Å². The molecule has 1 amide bonds. The van der Waals surface area contributed by atoms with Gasteiger partial charge in [0.15, 0.2) is 6.61 Å². The molecule has 1 fully saturated rings. The average molecular weight is 399 g/mol. The molecule has 0 bridgehead atoms. The van der Waals surface area contributed by atoms with Crippen LogP contribution in [0.15, 0.2) is 35.1 Å². The SMILES string of the molecule is CCC(C)(C)C1CCC(NC(=O)COC(=O)c2cc3ccccc3c(=O)[nH]2)CC1. The predicted octanol–water partition coefficient (Wildman–Crippen LogP) is 3.80. The van der Waals surface area contributed by atoms with Crippen molar-refractivity contribution >= 4 is 22.6 Å². The minimum atomic E-state index is -0.712. The van der Waals surface area contributed by atoms with Gasteiger partial charge < -0.3 is 15.0 Å². The van der Waals surface area contributed by atoms with E-state index in [-0.39, 0.29) is 29.8 Å². The van der Waals surface area contributed by atoms with Crippen molar-refractivity contribution in [3.8, 4) is 0 Å². The van der Waals surface area contributed by atoms with E-state index in [1.807, 2.05) is 0 Å². The van der Waals surface area contributed by atoms with Crippen molar-refractivity contribution in [1.29, 1.82) is 0 Å². The lowest BCUT2D eigenvalue weighted by Crippen LogP contribution is -2.41. The average Bonchev–Trinajstić information content (AvgIpc) is 2.72. The van der Waals surface area contributed by atoms with Gasteiger partial charge in [0, 0.05) is 11.4 Å². The van der Waals surface area contributed by atoms with Gasteiger partial charge in [-0.2, -0.15) is 0 Å². The molecule has 1 saturated carbocycles. The molecule has 6 heteroatoms. The van der Waals surface area contributed by atoms with Gasteiger partial charge in [-0.25, -0.2) is 4.79 Å². The lowest BCUT2D eigenvalue weighted by atomic mass is 9.69. The van der Waals surface area contributed by atoms with Crippen LogP contribution in [0.25, 0.3) is 10.8 Å². The van der Waals surface area contributed by atoms with Crippen LogP contribution in [0.2, 0.25) is 0 Å². The Hall–Kier alpha value is -2.63. The molecule has 6 nitrogen and oxygen atoms in total. The number of carbonyl (C=O) groups excluding carboxylic acids is 2. The highest BCUT2D eigenvalue weighted by Crippen LogP contribution is 2.40. The molecule has 1 heterocycles. The Morgan fingerprint density at radius 3 is 2.55 bits per heavy atom. The third-order valence-electron chi connectivity index (χ3n) is 6.42. The highest BCUT2D eigenvalue weighted by molar-refractivity contribution is 5.94. The number of aromatic amines is 1. The summed E-state index contributed by atoms with van der Waals surface area (Å²) in [5.74, 6) is -0.334. The normalized spacial score (nSPS) is 19.7. The molecule has 1 aliphatic rings. The van der Waals surface area contributed by atoms with E-state index in [0.29, 0.717) is 22.1 Å². The molecule has 0 aliphatic heterocycles. The molecule has 1 aromatic carbocycles. The van der Waals surface area contributed by atoms with Crippen LogP contribution in [0.4, 0.5) is 0 Å². The van der Waals surface area contributed by atoms with Crippen molar-refractivity contribution in [2.24, 2.45) is 11.3 Å². The van der Waals surface area contributed by atoms with E-state index in [1.165, 1.54) is 0 Å². The van der Waals surface area contributed by atoms with Gasteiger partial charge in [0.1, 0.15) is 5.69 Å². The number of pyridine rings is 1. The molecule has 1 aromatic heterocycles. The fraction of sp³-hybridized carbons (Fsp3) is 0.522. The predicted molar refractivity (Wildman–Crippen MR) is 113 cm³/mol. The summed E-state index contributed by atoms with van der Waals surface area (Å²) in [6.07, 6.45) is 5.26. The first-order valence-electron chi connectivity index (χ1n) is 10.4. The van der Waals surface area contributed by atoms with Crippen LogP contribution in [0, 0.1) is 11.3 Å². The highest BCUT2D eigenvalue weighted by atomic mass is 16.5. The number of esters is 1. The number of hydrogen-bond acceptors (Lipinski definition) is 4. The van der Waals surface area contributed by atoms with Crippen molar-refractivity contribution in [2.75, 3.05) is 6.61 Å². The second kappa shape index (κ2) is 8.80. The smallest absolute Gasteiger partial charge is 0.355 e. The number of hydrogen-bond donors (Lipinski definition) is 2. The molecule has 0 saturated heterocycles. The molecule has 29 heavy (non-hydrogen) atoms. The Balaban J connectivity index is 1.50. The first-order valence-corrected chi connectivity index (χ1v) is 10.4. The molecule has 0 radical (unpaired) electrons. The summed E-state index contributed by atoms with van der Waals surface area (Å²) < 4.78 is 5.11. The molecule has 3 rings (SSSR count). The van der Waals surface area contributed by atoms with Crippen molar-refractivity contribution < 1.29 is 14.3 Å². The summed E-state index contributed by atoms with van der Waals surface area (Å²) >= 11 is 0. The lowest BCUT2D eigenvalue weighted by Gasteiger charge is -2.39. The minimum absolute atomic E-state index is 0.0452. The zero-order chi connectivity index (χ0) is 21.0. The quantitative estimate of drug-likeness (QED) is 0.725. The van der Waals surface area contributed by atoms with Crippen LogP contribution >= 0.6 is 0 Å². The maximum atomic E-state index is 12.3. The zero-order valence-electron chi connectivity index (χ0n) is 17.4. The topological polar surface area (TPSA) is 88.3 Å². The number of aromatic nitrogens is 1. The lowest BCUT2D eigenvalue weighted by molar-refractivity contribution is -0.125. The van der Waals surface area contributed by atoms with E-state index in [0.717, 1.165) is 32.1 Å². The Morgan fingerprint density at radius 2 is 1.86 bits per heavy atom. The molecular weight excluding hydrogens is 368 g/mol. The van der Waals surface area contributed by atoms with Crippen LogP contribution in [0.1, 0.15) is 63.4 Å². The summed E-state index contributed by atoms with van der Waals surface area (Å²) in [5, 5.41) is 4.12. The number of amides is 1. The van der Waals surface area contributed by atoms with E-state index in [1.54, 1.807) is 30.3 Å². The van der Waals surface area contributed by atoms with Crippen LogP contribution in [-0.4, -0.2) is 29.5 Å². The second-order valence-electron chi connectivity index (χ2n) is 8.63. The van der Waals surface area contributed by atoms with Gasteiger partial charge in [-0.1, -0.05) is 45.4 Å². The van der Waals surface area contributed by atoms with Gasteiger partial charge in [0.25, 0.3) is 11.5 Å². The number of fused-ring (bicyclic) bond motifs is 1. The number of ether oxygens (including phenoxy) is 1. The molecule has 0 spiro atoms. The molecule has 0 atom stereocenters. The summed E-state index contributed by atoms with van der Waals surface area (Å²) in [6, 6.07) is 8.69. The number of benzene rings is 1. The Morgan fingerprint density at radius 1 is 1.17 bits per heavy atom. The molecular formula is C23H30N2O4. The zero-order valence-corrected chi connectivity index (χ0v) is 17.4. The molecule has 1 aliphatic carbocycles. The summed E-state index contributed by atoms with van der Waals surface area (Å²) in [6.45, 7) is 6.50. The van der Waals surface area contributed by atoms with Gasteiger partial charge >= 0.3 is 5.97 Å². The van der Waals surface area contributed by atoms with E-state index < -0.39 is 5.97 Å². The van der Waals surface area contributed by atoms with Crippen molar-refractivity contribution in [3.63, 3.8) is 0 Å². The van der Waals surface area contributed by atoms with Gasteiger partial charge in [-0.15, -0.1) is 0 Å². The Kier molecular flexibility index (Phi) is 6.40. The molecule has 156 valence electrons. The number of rotatable bonds is 6. The minimum Gasteiger partial charge on any atom is -0.451 e. The van der Waals surface area contributed by atoms with E-state index in [9.17, 15) is 14.4 Å². The van der Waals surface area contributed by atoms with Crippen molar-refractivity contribution in [1.82, 2.24) is 10.3 Å². The third kappa shape index (κ3) is 5.05. The molecule has 2 aromatic rings. The largest absolute Gasteiger partial charge is 0.451 e. The van der Waals surface area contributed by atoms with E-state index in [4.69, 9.17) is 4.74 Å². The fourth-order valence-electron chi connectivity index (χ4n) is 4.11. The Bertz CT molecular complexity index is 939. The van der Waals surface area contributed by atoms with E-state index >= 15 is 0 Å².